The Hall–Kier alpha value is -1.73. The lowest BCUT2D eigenvalue weighted by Crippen LogP contribution is -2.38. The summed E-state index contributed by atoms with van der Waals surface area (Å²) in [6.07, 6.45) is -8.28. The summed E-state index contributed by atoms with van der Waals surface area (Å²) in [5, 5.41) is 21.9. The molecular formula is C20H14F7IO3. The summed E-state index contributed by atoms with van der Waals surface area (Å²) in [6.45, 7) is 0. The van der Waals surface area contributed by atoms with Crippen molar-refractivity contribution >= 4 is 28.4 Å². The molecule has 2 N–H and O–H groups in total. The van der Waals surface area contributed by atoms with Crippen LogP contribution in [0.1, 0.15) is 46.0 Å². The average Bonchev–Trinajstić information content (AvgIpc) is 2.92. The smallest absolute Gasteiger partial charge is 0.387 e. The highest BCUT2D eigenvalue weighted by molar-refractivity contribution is 14.1. The predicted molar refractivity (Wildman–Crippen MR) is 103 cm³/mol. The Bertz CT molecular complexity index is 1010. The van der Waals surface area contributed by atoms with Gasteiger partial charge in [-0.25, -0.2) is 17.6 Å². The third-order valence-corrected chi connectivity index (χ3v) is 6.10. The molecule has 2 aromatic carbocycles. The second-order valence-corrected chi connectivity index (χ2v) is 8.17. The van der Waals surface area contributed by atoms with Crippen molar-refractivity contribution in [2.45, 2.75) is 30.7 Å². The van der Waals surface area contributed by atoms with Crippen molar-refractivity contribution < 1.29 is 45.7 Å². The second kappa shape index (κ2) is 8.32. The van der Waals surface area contributed by atoms with E-state index in [4.69, 9.17) is 0 Å². The van der Waals surface area contributed by atoms with Crippen LogP contribution in [-0.4, -0.2) is 20.4 Å². The van der Waals surface area contributed by atoms with Crippen molar-refractivity contribution in [3.8, 4) is 0 Å². The first-order valence-electron chi connectivity index (χ1n) is 8.91. The molecule has 2 aromatic rings. The minimum absolute atomic E-state index is 0.0440. The Morgan fingerprint density at radius 2 is 1.58 bits per heavy atom. The van der Waals surface area contributed by atoms with Gasteiger partial charge in [0.2, 0.25) is 0 Å². The van der Waals surface area contributed by atoms with E-state index in [0.29, 0.717) is 10.8 Å². The predicted octanol–water partition coefficient (Wildman–Crippen LogP) is 5.21. The van der Waals surface area contributed by atoms with Crippen LogP contribution in [0.15, 0.2) is 24.3 Å². The number of aliphatic hydroxyl groups is 2. The number of aliphatic hydroxyl groups excluding tert-OH is 1. The van der Waals surface area contributed by atoms with Crippen LogP contribution in [0, 0.1) is 29.2 Å². The van der Waals surface area contributed by atoms with E-state index in [-0.39, 0.29) is 17.5 Å². The van der Waals surface area contributed by atoms with Gasteiger partial charge in [-0.3, -0.25) is 4.79 Å². The van der Waals surface area contributed by atoms with E-state index in [1.807, 2.05) is 22.6 Å². The molecule has 3 nitrogen and oxygen atoms in total. The molecule has 3 unspecified atom stereocenters. The third-order valence-electron chi connectivity index (χ3n) is 5.34. The number of hydrogen-bond acceptors (Lipinski definition) is 3. The van der Waals surface area contributed by atoms with Crippen LogP contribution in [0.5, 0.6) is 0 Å². The first-order valence-corrected chi connectivity index (χ1v) is 10.4. The van der Waals surface area contributed by atoms with E-state index in [9.17, 15) is 45.7 Å². The van der Waals surface area contributed by atoms with Crippen molar-refractivity contribution in [2.75, 3.05) is 4.43 Å². The Kier molecular flexibility index (Phi) is 6.42. The van der Waals surface area contributed by atoms with E-state index in [2.05, 4.69) is 0 Å². The van der Waals surface area contributed by atoms with Crippen LogP contribution >= 0.6 is 22.6 Å². The van der Waals surface area contributed by atoms with Gasteiger partial charge in [0.05, 0.1) is 17.6 Å². The van der Waals surface area contributed by atoms with E-state index in [0.717, 1.165) is 0 Å². The fourth-order valence-corrected chi connectivity index (χ4v) is 4.36. The molecule has 0 radical (unpaired) electrons. The van der Waals surface area contributed by atoms with Crippen molar-refractivity contribution in [1.29, 1.82) is 0 Å². The molecule has 0 bridgehead atoms. The van der Waals surface area contributed by atoms with Gasteiger partial charge in [-0.2, -0.15) is 13.2 Å². The van der Waals surface area contributed by atoms with Crippen molar-refractivity contribution in [2.24, 2.45) is 5.92 Å². The fraction of sp³-hybridized carbons (Fsp3) is 0.350. The highest BCUT2D eigenvalue weighted by atomic mass is 127. The summed E-state index contributed by atoms with van der Waals surface area (Å²) in [4.78, 5) is 12.9. The van der Waals surface area contributed by atoms with E-state index in [1.165, 1.54) is 24.3 Å². The first kappa shape index (κ1) is 23.9. The molecule has 0 fully saturated rings. The van der Waals surface area contributed by atoms with Gasteiger partial charge in [0, 0.05) is 5.56 Å². The van der Waals surface area contributed by atoms with Gasteiger partial charge in [-0.05, 0) is 22.8 Å². The number of hydrogen-bond donors (Lipinski definition) is 2. The number of carbonyl (C=O) groups excluding carboxylic acids is 1. The summed E-state index contributed by atoms with van der Waals surface area (Å²) < 4.78 is 96.0. The SMILES string of the molecule is O=C1c2ccccc2C(O)(CCCI)C1C(O)c1c(F)c(F)c(C(F)(F)F)c(F)c1F. The molecule has 168 valence electrons. The summed E-state index contributed by atoms with van der Waals surface area (Å²) >= 11 is 1.97. The van der Waals surface area contributed by atoms with E-state index >= 15 is 0 Å². The highest BCUT2D eigenvalue weighted by Gasteiger charge is 2.55. The zero-order valence-corrected chi connectivity index (χ0v) is 17.6. The number of Topliss-reactive ketones (excluding diaryl/α,β-unsaturated/α-hetero) is 1. The number of halogens is 8. The van der Waals surface area contributed by atoms with Crippen molar-refractivity contribution in [3.05, 3.63) is 69.8 Å². The number of rotatable bonds is 5. The van der Waals surface area contributed by atoms with E-state index in [1.54, 1.807) is 0 Å². The van der Waals surface area contributed by atoms with Crippen molar-refractivity contribution in [3.63, 3.8) is 0 Å². The Labute approximate surface area is 185 Å². The normalized spacial score (nSPS) is 22.0. The quantitative estimate of drug-likeness (QED) is 0.228. The van der Waals surface area contributed by atoms with Crippen LogP contribution in [0.4, 0.5) is 30.7 Å². The molecule has 1 aliphatic rings. The summed E-state index contributed by atoms with van der Waals surface area (Å²) in [5.74, 6) is -13.4. The summed E-state index contributed by atoms with van der Waals surface area (Å²) in [5.41, 5.74) is -6.77. The fourth-order valence-electron chi connectivity index (χ4n) is 3.98. The molecule has 0 saturated heterocycles. The van der Waals surface area contributed by atoms with Crippen LogP contribution in [-0.2, 0) is 11.8 Å². The maximum absolute atomic E-state index is 14.5. The Morgan fingerprint density at radius 1 is 1.03 bits per heavy atom. The molecule has 0 heterocycles. The second-order valence-electron chi connectivity index (χ2n) is 7.09. The lowest BCUT2D eigenvalue weighted by atomic mass is 9.77. The molecular weight excluding hydrogens is 548 g/mol. The average molecular weight is 562 g/mol. The largest absolute Gasteiger partial charge is 0.422 e. The molecule has 0 saturated carbocycles. The maximum Gasteiger partial charge on any atom is 0.422 e. The Morgan fingerprint density at radius 3 is 2.10 bits per heavy atom. The van der Waals surface area contributed by atoms with Gasteiger partial charge < -0.3 is 10.2 Å². The minimum atomic E-state index is -5.75. The summed E-state index contributed by atoms with van der Waals surface area (Å²) in [7, 11) is 0. The number of fused-ring (bicyclic) bond motifs is 1. The monoisotopic (exact) mass is 562 g/mol. The molecule has 1 aliphatic carbocycles. The summed E-state index contributed by atoms with van der Waals surface area (Å²) in [6, 6.07) is 5.55. The van der Waals surface area contributed by atoms with Crippen LogP contribution in [0.3, 0.4) is 0 Å². The lowest BCUT2D eigenvalue weighted by Gasteiger charge is -2.33. The number of benzene rings is 2. The number of ketones is 1. The highest BCUT2D eigenvalue weighted by Crippen LogP contribution is 2.51. The van der Waals surface area contributed by atoms with Gasteiger partial charge in [0.25, 0.3) is 0 Å². The van der Waals surface area contributed by atoms with Crippen LogP contribution in [0.25, 0.3) is 0 Å². The first-order chi connectivity index (χ1) is 14.4. The van der Waals surface area contributed by atoms with E-state index < -0.39 is 64.0 Å². The minimum Gasteiger partial charge on any atom is -0.387 e. The lowest BCUT2D eigenvalue weighted by molar-refractivity contribution is -0.143. The molecule has 3 atom stereocenters. The van der Waals surface area contributed by atoms with Gasteiger partial charge in [0.15, 0.2) is 29.1 Å². The molecule has 0 amide bonds. The van der Waals surface area contributed by atoms with Crippen LogP contribution in [0.2, 0.25) is 0 Å². The maximum atomic E-state index is 14.5. The molecule has 0 spiro atoms. The third kappa shape index (κ3) is 3.74. The molecule has 0 aromatic heterocycles. The Balaban J connectivity index is 2.21. The number of alkyl halides is 4. The molecule has 3 rings (SSSR count). The molecule has 11 heteroatoms. The van der Waals surface area contributed by atoms with Gasteiger partial charge >= 0.3 is 6.18 Å². The zero-order chi connectivity index (χ0) is 23.3. The topological polar surface area (TPSA) is 57.5 Å². The molecule has 0 aliphatic heterocycles. The standard InChI is InChI=1S/C20H14F7IO3/c21-13-10(14(22)16(24)11(15(13)23)20(25,26)27)18(30)12-17(29)8-4-1-2-5-9(8)19(12,31)6-3-7-28/h1-2,4-5,12,18,30-31H,3,6-7H2. The van der Waals surface area contributed by atoms with Gasteiger partial charge in [-0.15, -0.1) is 0 Å². The van der Waals surface area contributed by atoms with Crippen molar-refractivity contribution in [1.82, 2.24) is 0 Å². The number of carbonyl (C=O) groups is 1. The van der Waals surface area contributed by atoms with Crippen LogP contribution < -0.4 is 0 Å². The zero-order valence-electron chi connectivity index (χ0n) is 15.4. The van der Waals surface area contributed by atoms with Gasteiger partial charge in [0.1, 0.15) is 11.2 Å². The molecule has 31 heavy (non-hydrogen) atoms. The van der Waals surface area contributed by atoms with Gasteiger partial charge in [-0.1, -0.05) is 46.9 Å².